The van der Waals surface area contributed by atoms with Crippen LogP contribution in [0.4, 0.5) is 0 Å². The second-order valence-electron chi connectivity index (χ2n) is 5.52. The number of aliphatic hydroxyl groups excluding tert-OH is 1. The molecule has 1 rings (SSSR count). The lowest BCUT2D eigenvalue weighted by molar-refractivity contribution is -0.178. The quantitative estimate of drug-likeness (QED) is 0.663. The molecule has 0 amide bonds. The second kappa shape index (κ2) is 2.46. The van der Waals surface area contributed by atoms with E-state index in [0.717, 1.165) is 12.8 Å². The molecule has 0 saturated heterocycles. The van der Waals surface area contributed by atoms with Crippen molar-refractivity contribution in [1.29, 1.82) is 0 Å². The molecular formula is C10H20O2. The molecule has 0 aromatic carbocycles. The van der Waals surface area contributed by atoms with E-state index < -0.39 is 5.60 Å². The molecule has 0 bridgehead atoms. The highest BCUT2D eigenvalue weighted by Gasteiger charge is 2.56. The highest BCUT2D eigenvalue weighted by Crippen LogP contribution is 2.58. The van der Waals surface area contributed by atoms with Crippen LogP contribution in [-0.2, 0) is 0 Å². The van der Waals surface area contributed by atoms with Crippen molar-refractivity contribution in [2.45, 2.75) is 46.1 Å². The van der Waals surface area contributed by atoms with Gasteiger partial charge in [-0.25, -0.2) is 0 Å². The van der Waals surface area contributed by atoms with Crippen LogP contribution in [0.15, 0.2) is 0 Å². The summed E-state index contributed by atoms with van der Waals surface area (Å²) in [5.74, 6) is 0. The minimum absolute atomic E-state index is 0.0972. The first-order chi connectivity index (χ1) is 5.22. The van der Waals surface area contributed by atoms with E-state index in [1.807, 2.05) is 0 Å². The van der Waals surface area contributed by atoms with Crippen molar-refractivity contribution in [2.75, 3.05) is 6.61 Å². The maximum Gasteiger partial charge on any atom is 0.0670 e. The summed E-state index contributed by atoms with van der Waals surface area (Å²) >= 11 is 0. The molecule has 0 spiro atoms. The Labute approximate surface area is 74.6 Å². The average molecular weight is 172 g/mol. The first-order valence-electron chi connectivity index (χ1n) is 4.56. The lowest BCUT2D eigenvalue weighted by Crippen LogP contribution is -2.57. The van der Waals surface area contributed by atoms with Gasteiger partial charge in [-0.15, -0.1) is 0 Å². The Balaban J connectivity index is 2.72. The third-order valence-corrected chi connectivity index (χ3v) is 3.23. The van der Waals surface area contributed by atoms with Gasteiger partial charge in [0.1, 0.15) is 0 Å². The van der Waals surface area contributed by atoms with Crippen molar-refractivity contribution in [3.05, 3.63) is 0 Å². The van der Waals surface area contributed by atoms with E-state index in [4.69, 9.17) is 0 Å². The topological polar surface area (TPSA) is 40.5 Å². The number of aliphatic hydroxyl groups is 2. The van der Waals surface area contributed by atoms with Gasteiger partial charge in [-0.05, 0) is 32.1 Å². The summed E-state index contributed by atoms with van der Waals surface area (Å²) < 4.78 is 0. The average Bonchev–Trinajstić information content (AvgIpc) is 1.78. The van der Waals surface area contributed by atoms with Gasteiger partial charge < -0.3 is 10.2 Å². The molecule has 0 atom stereocenters. The molecule has 1 aliphatic rings. The predicted molar refractivity (Wildman–Crippen MR) is 48.8 cm³/mol. The van der Waals surface area contributed by atoms with Gasteiger partial charge in [-0.2, -0.15) is 0 Å². The summed E-state index contributed by atoms with van der Waals surface area (Å²) in [5, 5.41) is 19.1. The molecule has 0 radical (unpaired) electrons. The summed E-state index contributed by atoms with van der Waals surface area (Å²) in [6.45, 7) is 8.02. The van der Waals surface area contributed by atoms with Crippen LogP contribution >= 0.6 is 0 Å². The van der Waals surface area contributed by atoms with Gasteiger partial charge in [0.25, 0.3) is 0 Å². The standard InChI is InChI=1S/C10H20O2/c1-8(2)5-10(6-8,7-11)9(3,4)12/h11-12H,5-7H2,1-4H3. The molecule has 12 heavy (non-hydrogen) atoms. The van der Waals surface area contributed by atoms with E-state index in [2.05, 4.69) is 13.8 Å². The molecule has 0 heterocycles. The van der Waals surface area contributed by atoms with E-state index in [0.29, 0.717) is 5.41 Å². The molecule has 0 unspecified atom stereocenters. The summed E-state index contributed by atoms with van der Waals surface area (Å²) in [4.78, 5) is 0. The Hall–Kier alpha value is -0.0800. The Bertz CT molecular complexity index is 169. The Morgan fingerprint density at radius 2 is 1.67 bits per heavy atom. The summed E-state index contributed by atoms with van der Waals surface area (Å²) in [5.41, 5.74) is -0.712. The molecule has 1 aliphatic carbocycles. The lowest BCUT2D eigenvalue weighted by atomic mass is 9.49. The molecule has 72 valence electrons. The summed E-state index contributed by atoms with van der Waals surface area (Å²) in [7, 11) is 0. The third-order valence-electron chi connectivity index (χ3n) is 3.23. The van der Waals surface area contributed by atoms with Gasteiger partial charge in [-0.1, -0.05) is 13.8 Å². The summed E-state index contributed by atoms with van der Waals surface area (Å²) in [6, 6.07) is 0. The Kier molecular flexibility index (Phi) is 2.05. The van der Waals surface area contributed by atoms with Gasteiger partial charge in [-0.3, -0.25) is 0 Å². The first-order valence-corrected chi connectivity index (χ1v) is 4.56. The van der Waals surface area contributed by atoms with E-state index in [-0.39, 0.29) is 12.0 Å². The smallest absolute Gasteiger partial charge is 0.0670 e. The fourth-order valence-corrected chi connectivity index (χ4v) is 2.52. The highest BCUT2D eigenvalue weighted by molar-refractivity contribution is 5.06. The maximum absolute atomic E-state index is 9.86. The number of hydrogen-bond donors (Lipinski definition) is 2. The van der Waals surface area contributed by atoms with Crippen LogP contribution in [-0.4, -0.2) is 22.4 Å². The van der Waals surface area contributed by atoms with Crippen molar-refractivity contribution in [2.24, 2.45) is 10.8 Å². The van der Waals surface area contributed by atoms with Crippen LogP contribution in [0, 0.1) is 10.8 Å². The molecule has 0 aliphatic heterocycles. The van der Waals surface area contributed by atoms with Gasteiger partial charge in [0.15, 0.2) is 0 Å². The first kappa shape index (κ1) is 10.0. The zero-order valence-corrected chi connectivity index (χ0v) is 8.52. The molecule has 2 heteroatoms. The van der Waals surface area contributed by atoms with Crippen LogP contribution in [0.3, 0.4) is 0 Å². The number of hydrogen-bond acceptors (Lipinski definition) is 2. The van der Waals surface area contributed by atoms with E-state index in [9.17, 15) is 10.2 Å². The minimum atomic E-state index is -0.753. The largest absolute Gasteiger partial charge is 0.396 e. The van der Waals surface area contributed by atoms with Crippen LogP contribution < -0.4 is 0 Å². The van der Waals surface area contributed by atoms with Crippen molar-refractivity contribution < 1.29 is 10.2 Å². The van der Waals surface area contributed by atoms with Crippen molar-refractivity contribution in [3.63, 3.8) is 0 Å². The molecule has 1 saturated carbocycles. The van der Waals surface area contributed by atoms with E-state index >= 15 is 0 Å². The zero-order chi connectivity index (χ0) is 9.62. The van der Waals surface area contributed by atoms with Crippen LogP contribution in [0.2, 0.25) is 0 Å². The normalized spacial score (nSPS) is 26.5. The van der Waals surface area contributed by atoms with Crippen molar-refractivity contribution in [3.8, 4) is 0 Å². The van der Waals surface area contributed by atoms with Crippen LogP contribution in [0.1, 0.15) is 40.5 Å². The SMILES string of the molecule is CC1(C)CC(CO)(C(C)(C)O)C1. The Morgan fingerprint density at radius 1 is 1.25 bits per heavy atom. The molecule has 2 N–H and O–H groups in total. The van der Waals surface area contributed by atoms with Crippen LogP contribution in [0.25, 0.3) is 0 Å². The fourth-order valence-electron chi connectivity index (χ4n) is 2.52. The molecule has 0 aromatic rings. The lowest BCUT2D eigenvalue weighted by Gasteiger charge is -2.58. The van der Waals surface area contributed by atoms with Gasteiger partial charge >= 0.3 is 0 Å². The monoisotopic (exact) mass is 172 g/mol. The van der Waals surface area contributed by atoms with Crippen LogP contribution in [0.5, 0.6) is 0 Å². The van der Waals surface area contributed by atoms with Gasteiger partial charge in [0, 0.05) is 5.41 Å². The minimum Gasteiger partial charge on any atom is -0.396 e. The van der Waals surface area contributed by atoms with E-state index in [1.165, 1.54) is 0 Å². The van der Waals surface area contributed by atoms with Gasteiger partial charge in [0.05, 0.1) is 12.2 Å². The molecule has 1 fully saturated rings. The van der Waals surface area contributed by atoms with E-state index in [1.54, 1.807) is 13.8 Å². The molecule has 0 aromatic heterocycles. The highest BCUT2D eigenvalue weighted by atomic mass is 16.3. The molecule has 2 nitrogen and oxygen atoms in total. The van der Waals surface area contributed by atoms with Gasteiger partial charge in [0.2, 0.25) is 0 Å². The molecular weight excluding hydrogens is 152 g/mol. The number of rotatable bonds is 2. The summed E-state index contributed by atoms with van der Waals surface area (Å²) in [6.07, 6.45) is 1.83. The van der Waals surface area contributed by atoms with Crippen molar-refractivity contribution >= 4 is 0 Å². The zero-order valence-electron chi connectivity index (χ0n) is 8.52. The second-order valence-corrected chi connectivity index (χ2v) is 5.52. The maximum atomic E-state index is 9.86. The predicted octanol–water partition coefficient (Wildman–Crippen LogP) is 1.56. The Morgan fingerprint density at radius 3 is 1.75 bits per heavy atom. The third kappa shape index (κ3) is 1.38. The fraction of sp³-hybridized carbons (Fsp3) is 1.00. The van der Waals surface area contributed by atoms with Crippen molar-refractivity contribution in [1.82, 2.24) is 0 Å².